The van der Waals surface area contributed by atoms with Gasteiger partial charge in [-0.1, -0.05) is 0 Å². The van der Waals surface area contributed by atoms with Crippen molar-refractivity contribution >= 4 is 0 Å². The first-order valence-corrected chi connectivity index (χ1v) is 6.10. The summed E-state index contributed by atoms with van der Waals surface area (Å²) in [6, 6.07) is 0.722. The molecule has 2 saturated carbocycles. The summed E-state index contributed by atoms with van der Waals surface area (Å²) in [5.74, 6) is 1.91. The number of nitrogens with zero attached hydrogens (tertiary/aromatic N) is 2. The highest BCUT2D eigenvalue weighted by Crippen LogP contribution is 2.37. The van der Waals surface area contributed by atoms with E-state index in [0.29, 0.717) is 0 Å². The van der Waals surface area contributed by atoms with Gasteiger partial charge in [0.05, 0.1) is 6.33 Å². The lowest BCUT2D eigenvalue weighted by atomic mass is 9.80. The Hall–Kier alpha value is -0.830. The summed E-state index contributed by atoms with van der Waals surface area (Å²) < 4.78 is 2.25. The van der Waals surface area contributed by atoms with E-state index in [4.69, 9.17) is 0 Å². The smallest absolute Gasteiger partial charge is 0.0948 e. The van der Waals surface area contributed by atoms with Crippen molar-refractivity contribution in [3.63, 3.8) is 0 Å². The SMILES string of the molecule is c1cn(C2CC(CNCC3CC3)C2)cn1. The topological polar surface area (TPSA) is 29.9 Å². The van der Waals surface area contributed by atoms with Crippen LogP contribution in [0, 0.1) is 11.8 Å². The molecule has 1 aromatic rings. The molecule has 2 aliphatic rings. The third-order valence-corrected chi connectivity index (χ3v) is 3.72. The minimum atomic E-state index is 0.722. The molecule has 2 fully saturated rings. The highest BCUT2D eigenvalue weighted by atomic mass is 15.1. The van der Waals surface area contributed by atoms with Crippen LogP contribution >= 0.6 is 0 Å². The fourth-order valence-corrected chi connectivity index (χ4v) is 2.41. The van der Waals surface area contributed by atoms with Gasteiger partial charge in [0.2, 0.25) is 0 Å². The van der Waals surface area contributed by atoms with E-state index in [9.17, 15) is 0 Å². The average molecular weight is 205 g/mol. The van der Waals surface area contributed by atoms with Crippen LogP contribution in [0.25, 0.3) is 0 Å². The quantitative estimate of drug-likeness (QED) is 0.795. The fourth-order valence-electron chi connectivity index (χ4n) is 2.41. The first-order valence-electron chi connectivity index (χ1n) is 6.10. The zero-order chi connectivity index (χ0) is 10.1. The molecule has 82 valence electrons. The van der Waals surface area contributed by atoms with Crippen molar-refractivity contribution < 1.29 is 0 Å². The largest absolute Gasteiger partial charge is 0.334 e. The van der Waals surface area contributed by atoms with Crippen molar-refractivity contribution in [2.45, 2.75) is 31.7 Å². The van der Waals surface area contributed by atoms with Gasteiger partial charge in [-0.2, -0.15) is 0 Å². The molecule has 0 amide bonds. The minimum Gasteiger partial charge on any atom is -0.334 e. The molecule has 0 atom stereocenters. The molecular formula is C12H19N3. The standard InChI is InChI=1S/C12H19N3/c1-2-10(1)7-14-8-11-5-12(6-11)15-4-3-13-9-15/h3-4,9-12,14H,1-2,5-8H2. The second-order valence-corrected chi connectivity index (χ2v) is 5.10. The Morgan fingerprint density at radius 1 is 1.20 bits per heavy atom. The van der Waals surface area contributed by atoms with Crippen molar-refractivity contribution in [3.05, 3.63) is 18.7 Å². The number of hydrogen-bond acceptors (Lipinski definition) is 2. The van der Waals surface area contributed by atoms with Gasteiger partial charge in [-0.25, -0.2) is 4.98 Å². The Balaban J connectivity index is 1.34. The lowest BCUT2D eigenvalue weighted by Crippen LogP contribution is -2.34. The molecule has 0 aliphatic heterocycles. The van der Waals surface area contributed by atoms with Crippen LogP contribution in [0.2, 0.25) is 0 Å². The normalized spacial score (nSPS) is 30.1. The van der Waals surface area contributed by atoms with Gasteiger partial charge in [0.1, 0.15) is 0 Å². The number of hydrogen-bond donors (Lipinski definition) is 1. The summed E-state index contributed by atoms with van der Waals surface area (Å²) in [6.45, 7) is 2.48. The van der Waals surface area contributed by atoms with Crippen LogP contribution in [0.15, 0.2) is 18.7 Å². The zero-order valence-corrected chi connectivity index (χ0v) is 9.10. The van der Waals surface area contributed by atoms with E-state index in [1.54, 1.807) is 0 Å². The lowest BCUT2D eigenvalue weighted by Gasteiger charge is -2.36. The molecule has 1 N–H and O–H groups in total. The first kappa shape index (κ1) is 9.40. The van der Waals surface area contributed by atoms with Gasteiger partial charge in [0.15, 0.2) is 0 Å². The molecule has 3 nitrogen and oxygen atoms in total. The van der Waals surface area contributed by atoms with Crippen molar-refractivity contribution in [2.75, 3.05) is 13.1 Å². The molecule has 15 heavy (non-hydrogen) atoms. The van der Waals surface area contributed by atoms with Gasteiger partial charge in [0.25, 0.3) is 0 Å². The van der Waals surface area contributed by atoms with Crippen LogP contribution in [0.1, 0.15) is 31.7 Å². The number of imidazole rings is 1. The molecule has 0 aromatic carbocycles. The van der Waals surface area contributed by atoms with Crippen molar-refractivity contribution in [2.24, 2.45) is 11.8 Å². The molecule has 0 spiro atoms. The van der Waals surface area contributed by atoms with Gasteiger partial charge in [0, 0.05) is 18.4 Å². The van der Waals surface area contributed by atoms with Gasteiger partial charge in [-0.15, -0.1) is 0 Å². The average Bonchev–Trinajstić information content (AvgIpc) is 2.84. The van der Waals surface area contributed by atoms with Gasteiger partial charge in [-0.05, 0) is 50.6 Å². The second kappa shape index (κ2) is 3.97. The summed E-state index contributed by atoms with van der Waals surface area (Å²) in [5.41, 5.74) is 0. The summed E-state index contributed by atoms with van der Waals surface area (Å²) >= 11 is 0. The number of aromatic nitrogens is 2. The predicted octanol–water partition coefficient (Wildman–Crippen LogP) is 1.83. The third-order valence-electron chi connectivity index (χ3n) is 3.72. The van der Waals surface area contributed by atoms with E-state index in [-0.39, 0.29) is 0 Å². The van der Waals surface area contributed by atoms with Crippen LogP contribution in [0.4, 0.5) is 0 Å². The molecule has 0 unspecified atom stereocenters. The Morgan fingerprint density at radius 3 is 2.67 bits per heavy atom. The molecule has 0 bridgehead atoms. The predicted molar refractivity (Wildman–Crippen MR) is 59.6 cm³/mol. The van der Waals surface area contributed by atoms with E-state index in [1.165, 1.54) is 38.8 Å². The van der Waals surface area contributed by atoms with Crippen molar-refractivity contribution in [1.29, 1.82) is 0 Å². The van der Waals surface area contributed by atoms with Crippen molar-refractivity contribution in [3.8, 4) is 0 Å². The molecule has 1 aromatic heterocycles. The van der Waals surface area contributed by atoms with E-state index >= 15 is 0 Å². The van der Waals surface area contributed by atoms with Crippen LogP contribution in [0.5, 0.6) is 0 Å². The Bertz CT molecular complexity index is 297. The molecule has 0 saturated heterocycles. The summed E-state index contributed by atoms with van der Waals surface area (Å²) in [5, 5.41) is 3.59. The molecule has 3 rings (SSSR count). The number of rotatable bonds is 5. The first-order chi connectivity index (χ1) is 7.42. The maximum atomic E-state index is 4.09. The molecular weight excluding hydrogens is 186 g/mol. The molecule has 0 radical (unpaired) electrons. The maximum Gasteiger partial charge on any atom is 0.0948 e. The zero-order valence-electron chi connectivity index (χ0n) is 9.10. The third kappa shape index (κ3) is 2.23. The van der Waals surface area contributed by atoms with Crippen LogP contribution in [-0.2, 0) is 0 Å². The van der Waals surface area contributed by atoms with Crippen LogP contribution in [0.3, 0.4) is 0 Å². The Kier molecular flexibility index (Phi) is 2.49. The fraction of sp³-hybridized carbons (Fsp3) is 0.750. The minimum absolute atomic E-state index is 0.722. The molecule has 2 aliphatic carbocycles. The van der Waals surface area contributed by atoms with E-state index in [1.807, 2.05) is 12.5 Å². The molecule has 3 heteroatoms. The summed E-state index contributed by atoms with van der Waals surface area (Å²) in [4.78, 5) is 4.09. The highest BCUT2D eigenvalue weighted by Gasteiger charge is 2.30. The van der Waals surface area contributed by atoms with Gasteiger partial charge >= 0.3 is 0 Å². The highest BCUT2D eigenvalue weighted by molar-refractivity contribution is 4.90. The molecule has 1 heterocycles. The van der Waals surface area contributed by atoms with Gasteiger partial charge < -0.3 is 9.88 Å². The number of nitrogens with one attached hydrogen (secondary N) is 1. The van der Waals surface area contributed by atoms with Crippen LogP contribution in [-0.4, -0.2) is 22.6 Å². The second-order valence-electron chi connectivity index (χ2n) is 5.10. The van der Waals surface area contributed by atoms with E-state index < -0.39 is 0 Å². The maximum absolute atomic E-state index is 4.09. The Morgan fingerprint density at radius 2 is 2.00 bits per heavy atom. The lowest BCUT2D eigenvalue weighted by molar-refractivity contribution is 0.192. The van der Waals surface area contributed by atoms with Gasteiger partial charge in [-0.3, -0.25) is 0 Å². The van der Waals surface area contributed by atoms with Crippen molar-refractivity contribution in [1.82, 2.24) is 14.9 Å². The summed E-state index contributed by atoms with van der Waals surface area (Å²) in [7, 11) is 0. The van der Waals surface area contributed by atoms with E-state index in [2.05, 4.69) is 21.1 Å². The Labute approximate surface area is 90.9 Å². The summed E-state index contributed by atoms with van der Waals surface area (Å²) in [6.07, 6.45) is 11.5. The van der Waals surface area contributed by atoms with E-state index in [0.717, 1.165) is 17.9 Å². The monoisotopic (exact) mass is 205 g/mol. The van der Waals surface area contributed by atoms with Crippen LogP contribution < -0.4 is 5.32 Å².